The number of aromatic hydroxyl groups is 1. The van der Waals surface area contributed by atoms with E-state index >= 15 is 0 Å². The fraction of sp³-hybridized carbons (Fsp3) is 0.364. The minimum atomic E-state index is -3.52. The van der Waals surface area contributed by atoms with Gasteiger partial charge in [0.05, 0.1) is 27.4 Å². The van der Waals surface area contributed by atoms with Crippen molar-refractivity contribution in [1.29, 1.82) is 0 Å². The molecule has 0 unspecified atom stereocenters. The number of hydrogen-bond donors (Lipinski definition) is 1. The maximum absolute atomic E-state index is 13.1. The lowest BCUT2D eigenvalue weighted by Crippen LogP contribution is -2.35. The molecule has 1 saturated heterocycles. The van der Waals surface area contributed by atoms with Gasteiger partial charge in [-0.2, -0.15) is 8.99 Å². The van der Waals surface area contributed by atoms with Gasteiger partial charge < -0.3 is 9.67 Å². The van der Waals surface area contributed by atoms with E-state index in [1.807, 2.05) is 13.0 Å². The molecule has 178 valence electrons. The highest BCUT2D eigenvalue weighted by molar-refractivity contribution is 7.98. The normalized spacial score (nSPS) is 15.2. The summed E-state index contributed by atoms with van der Waals surface area (Å²) in [6.07, 6.45) is 2.87. The molecule has 0 aliphatic carbocycles. The zero-order valence-electron chi connectivity index (χ0n) is 18.7. The van der Waals surface area contributed by atoms with Crippen molar-refractivity contribution in [2.75, 3.05) is 13.1 Å². The van der Waals surface area contributed by atoms with E-state index in [2.05, 4.69) is 20.1 Å². The van der Waals surface area contributed by atoms with Crippen LogP contribution in [0.4, 0.5) is 0 Å². The Labute approximate surface area is 201 Å². The second-order valence-corrected chi connectivity index (χ2v) is 10.9. The van der Waals surface area contributed by atoms with Gasteiger partial charge in [-0.15, -0.1) is 5.10 Å². The van der Waals surface area contributed by atoms with Crippen molar-refractivity contribution in [3.63, 3.8) is 0 Å². The molecular weight excluding hydrogens is 474 g/mol. The molecule has 4 aromatic rings. The highest BCUT2D eigenvalue weighted by Gasteiger charge is 2.26. The third kappa shape index (κ3) is 4.28. The molecule has 1 aliphatic heterocycles. The quantitative estimate of drug-likeness (QED) is 0.385. The summed E-state index contributed by atoms with van der Waals surface area (Å²) in [6, 6.07) is 11.8. The molecular formula is C22H25N7O3S2. The summed E-state index contributed by atoms with van der Waals surface area (Å²) in [5, 5.41) is 22.1. The Morgan fingerprint density at radius 2 is 1.82 bits per heavy atom. The lowest BCUT2D eigenvalue weighted by molar-refractivity contribution is 0.346. The first-order chi connectivity index (χ1) is 16.5. The van der Waals surface area contributed by atoms with Crippen molar-refractivity contribution < 1.29 is 13.5 Å². The van der Waals surface area contributed by atoms with Crippen molar-refractivity contribution in [2.24, 2.45) is 0 Å². The molecule has 0 atom stereocenters. The van der Waals surface area contributed by atoms with Crippen LogP contribution < -0.4 is 0 Å². The summed E-state index contributed by atoms with van der Waals surface area (Å²) >= 11 is 1.44. The Morgan fingerprint density at radius 1 is 1.06 bits per heavy atom. The van der Waals surface area contributed by atoms with Gasteiger partial charge in [0, 0.05) is 19.6 Å². The number of benzene rings is 2. The van der Waals surface area contributed by atoms with Crippen LogP contribution in [0.25, 0.3) is 16.7 Å². The number of fused-ring (bicyclic) bond motifs is 1. The molecule has 1 aliphatic rings. The van der Waals surface area contributed by atoms with Crippen molar-refractivity contribution >= 4 is 32.8 Å². The largest absolute Gasteiger partial charge is 0.508 e. The van der Waals surface area contributed by atoms with E-state index in [1.165, 1.54) is 11.8 Å². The highest BCUT2D eigenvalue weighted by atomic mass is 32.2. The lowest BCUT2D eigenvalue weighted by atomic mass is 10.2. The third-order valence-electron chi connectivity index (χ3n) is 5.93. The molecule has 1 fully saturated rings. The summed E-state index contributed by atoms with van der Waals surface area (Å²) < 4.78 is 31.5. The van der Waals surface area contributed by atoms with Gasteiger partial charge >= 0.3 is 0 Å². The zero-order valence-corrected chi connectivity index (χ0v) is 20.3. The Balaban J connectivity index is 1.41. The van der Waals surface area contributed by atoms with Gasteiger partial charge in [0.25, 0.3) is 0 Å². The minimum Gasteiger partial charge on any atom is -0.508 e. The topological polar surface area (TPSA) is 119 Å². The Hall–Kier alpha value is -2.96. The van der Waals surface area contributed by atoms with Gasteiger partial charge in [-0.3, -0.25) is 0 Å². The van der Waals surface area contributed by atoms with Crippen LogP contribution in [-0.2, 0) is 22.3 Å². The maximum Gasteiger partial charge on any atom is 0.243 e. The molecule has 5 rings (SSSR count). The summed E-state index contributed by atoms with van der Waals surface area (Å²) in [5.41, 5.74) is 2.30. The maximum atomic E-state index is 13.1. The molecule has 0 spiro atoms. The fourth-order valence-electron chi connectivity index (χ4n) is 4.19. The minimum absolute atomic E-state index is 0.171. The van der Waals surface area contributed by atoms with E-state index in [0.29, 0.717) is 36.1 Å². The van der Waals surface area contributed by atoms with Crippen LogP contribution in [0.2, 0.25) is 0 Å². The molecule has 34 heavy (non-hydrogen) atoms. The first-order valence-electron chi connectivity index (χ1n) is 11.2. The molecule has 0 bridgehead atoms. The summed E-state index contributed by atoms with van der Waals surface area (Å²) in [7, 11) is -3.52. The number of aryl methyl sites for hydroxylation is 1. The van der Waals surface area contributed by atoms with Crippen molar-refractivity contribution in [3.05, 3.63) is 48.3 Å². The average Bonchev–Trinajstić information content (AvgIpc) is 3.47. The Bertz CT molecular complexity index is 1410. The predicted octanol–water partition coefficient (Wildman–Crippen LogP) is 3.20. The van der Waals surface area contributed by atoms with Gasteiger partial charge in [-0.25, -0.2) is 13.4 Å². The molecule has 2 aromatic heterocycles. The molecule has 2 aromatic carbocycles. The summed E-state index contributed by atoms with van der Waals surface area (Å²) in [6.45, 7) is 3.88. The van der Waals surface area contributed by atoms with Crippen LogP contribution in [0.1, 0.15) is 32.0 Å². The molecule has 1 N–H and O–H groups in total. The molecule has 12 heteroatoms. The second-order valence-electron chi connectivity index (χ2n) is 8.07. The number of tetrazole rings is 1. The SMILES string of the molecule is CCn1c(CSc2nnnn2-c2ccc(O)cc2)nc2cc(S(=O)(=O)N3CCCCC3)ccc21. The van der Waals surface area contributed by atoms with Crippen LogP contribution in [0, 0.1) is 0 Å². The van der Waals surface area contributed by atoms with Gasteiger partial charge in [0.2, 0.25) is 15.2 Å². The number of piperidine rings is 1. The number of thioether (sulfide) groups is 1. The summed E-state index contributed by atoms with van der Waals surface area (Å²) in [5.74, 6) is 1.49. The predicted molar refractivity (Wildman–Crippen MR) is 128 cm³/mol. The number of phenolic OH excluding ortho intramolecular Hbond substituents is 1. The Kier molecular flexibility index (Phi) is 6.28. The van der Waals surface area contributed by atoms with Gasteiger partial charge in [0.15, 0.2) is 0 Å². The van der Waals surface area contributed by atoms with Crippen LogP contribution in [-0.4, -0.2) is 60.7 Å². The lowest BCUT2D eigenvalue weighted by Gasteiger charge is -2.25. The number of imidazole rings is 1. The number of sulfonamides is 1. The van der Waals surface area contributed by atoms with Gasteiger partial charge in [-0.05, 0) is 72.7 Å². The average molecular weight is 500 g/mol. The van der Waals surface area contributed by atoms with E-state index in [4.69, 9.17) is 4.98 Å². The van der Waals surface area contributed by atoms with Gasteiger partial charge in [0.1, 0.15) is 11.6 Å². The smallest absolute Gasteiger partial charge is 0.243 e. The van der Waals surface area contributed by atoms with Gasteiger partial charge in [-0.1, -0.05) is 18.2 Å². The van der Waals surface area contributed by atoms with E-state index < -0.39 is 10.0 Å². The number of phenols is 1. The third-order valence-corrected chi connectivity index (χ3v) is 8.74. The van der Waals surface area contributed by atoms with Crippen LogP contribution in [0.15, 0.2) is 52.5 Å². The van der Waals surface area contributed by atoms with Crippen molar-refractivity contribution in [2.45, 2.75) is 48.5 Å². The number of nitrogens with zero attached hydrogens (tertiary/aromatic N) is 7. The first-order valence-corrected chi connectivity index (χ1v) is 13.6. The van der Waals surface area contributed by atoms with E-state index in [-0.39, 0.29) is 10.6 Å². The molecule has 3 heterocycles. The van der Waals surface area contributed by atoms with Crippen LogP contribution >= 0.6 is 11.8 Å². The number of rotatable bonds is 7. The molecule has 0 radical (unpaired) electrons. The van der Waals surface area contributed by atoms with Crippen LogP contribution in [0.3, 0.4) is 0 Å². The van der Waals surface area contributed by atoms with E-state index in [9.17, 15) is 13.5 Å². The molecule has 0 saturated carbocycles. The summed E-state index contributed by atoms with van der Waals surface area (Å²) in [4.78, 5) is 5.05. The molecule has 10 nitrogen and oxygen atoms in total. The fourth-order valence-corrected chi connectivity index (χ4v) is 6.57. The highest BCUT2D eigenvalue weighted by Crippen LogP contribution is 2.28. The zero-order chi connectivity index (χ0) is 23.7. The standard InChI is InChI=1S/C22H25N7O3S2/c1-2-28-20-11-10-18(34(31,32)27-12-4-3-5-13-27)14-19(20)23-21(28)15-33-22-24-25-26-29(22)16-6-8-17(30)9-7-16/h6-11,14,30H,2-5,12-13,15H2,1H3. The second kappa shape index (κ2) is 9.35. The number of aromatic nitrogens is 6. The van der Waals surface area contributed by atoms with E-state index in [0.717, 1.165) is 36.3 Å². The van der Waals surface area contributed by atoms with Crippen molar-refractivity contribution in [1.82, 2.24) is 34.1 Å². The van der Waals surface area contributed by atoms with Crippen molar-refractivity contribution in [3.8, 4) is 11.4 Å². The molecule has 0 amide bonds. The van der Waals surface area contributed by atoms with Crippen LogP contribution in [0.5, 0.6) is 5.75 Å². The Morgan fingerprint density at radius 3 is 2.56 bits per heavy atom. The first kappa shape index (κ1) is 22.8. The monoisotopic (exact) mass is 499 g/mol. The number of hydrogen-bond acceptors (Lipinski definition) is 8. The van der Waals surface area contributed by atoms with E-state index in [1.54, 1.807) is 45.4 Å².